The van der Waals surface area contributed by atoms with Crippen molar-refractivity contribution in [1.82, 2.24) is 0 Å². The Morgan fingerprint density at radius 2 is 2.00 bits per heavy atom. The average Bonchev–Trinajstić information content (AvgIpc) is 2.04. The van der Waals surface area contributed by atoms with Gasteiger partial charge in [0.05, 0.1) is 12.7 Å². The summed E-state index contributed by atoms with van der Waals surface area (Å²) < 4.78 is 4.44. The first-order valence-electron chi connectivity index (χ1n) is 3.60. The highest BCUT2D eigenvalue weighted by atomic mass is 16.5. The predicted molar refractivity (Wildman–Crippen MR) is 44.2 cm³/mol. The summed E-state index contributed by atoms with van der Waals surface area (Å²) in [6.45, 7) is 1.46. The fraction of sp³-hybridized carbons (Fsp3) is 0.500. The van der Waals surface area contributed by atoms with Gasteiger partial charge in [-0.25, -0.2) is 4.79 Å². The van der Waals surface area contributed by atoms with Crippen LogP contribution in [0.1, 0.15) is 19.8 Å². The minimum absolute atomic E-state index is 0.0262. The summed E-state index contributed by atoms with van der Waals surface area (Å²) in [5.41, 5.74) is 5.50. The highest BCUT2D eigenvalue weighted by molar-refractivity contribution is 5.89. The lowest BCUT2D eigenvalue weighted by molar-refractivity contribution is -0.136. The van der Waals surface area contributed by atoms with E-state index in [9.17, 15) is 9.59 Å². The summed E-state index contributed by atoms with van der Waals surface area (Å²) in [5.74, 6) is -0.447. The van der Waals surface area contributed by atoms with Gasteiger partial charge >= 0.3 is 5.97 Å². The molecule has 0 unspecified atom stereocenters. The van der Waals surface area contributed by atoms with E-state index in [1.54, 1.807) is 0 Å². The van der Waals surface area contributed by atoms with Crippen LogP contribution in [0.3, 0.4) is 0 Å². The van der Waals surface area contributed by atoms with Crippen LogP contribution in [0.4, 0.5) is 0 Å². The molecular formula is C8H13NO3. The van der Waals surface area contributed by atoms with E-state index in [-0.39, 0.29) is 5.78 Å². The molecule has 0 aromatic heterocycles. The largest absolute Gasteiger partial charge is 0.466 e. The van der Waals surface area contributed by atoms with Crippen molar-refractivity contribution in [3.8, 4) is 0 Å². The second kappa shape index (κ2) is 5.35. The Hall–Kier alpha value is -1.32. The highest BCUT2D eigenvalue weighted by Crippen LogP contribution is 2.05. The van der Waals surface area contributed by atoms with Gasteiger partial charge in [-0.15, -0.1) is 0 Å². The highest BCUT2D eigenvalue weighted by Gasteiger charge is 2.08. The Bertz CT molecular complexity index is 208. The molecule has 12 heavy (non-hydrogen) atoms. The number of methoxy groups -OCH3 is 1. The first kappa shape index (κ1) is 10.7. The molecule has 0 aromatic rings. The average molecular weight is 171 g/mol. The smallest absolute Gasteiger partial charge is 0.335 e. The molecule has 0 aromatic carbocycles. The van der Waals surface area contributed by atoms with E-state index in [1.165, 1.54) is 20.2 Å². The SMILES string of the molecule is COC(=O)C(=CN)CCC(C)=O. The Balaban J connectivity index is 4.02. The third-order valence-corrected chi connectivity index (χ3v) is 1.40. The van der Waals surface area contributed by atoms with Crippen molar-refractivity contribution < 1.29 is 14.3 Å². The second-order valence-corrected chi connectivity index (χ2v) is 2.39. The number of esters is 1. The number of ketones is 1. The molecule has 0 radical (unpaired) electrons. The fourth-order valence-corrected chi connectivity index (χ4v) is 0.695. The lowest BCUT2D eigenvalue weighted by atomic mass is 10.1. The molecular weight excluding hydrogens is 158 g/mol. The Kier molecular flexibility index (Phi) is 4.76. The van der Waals surface area contributed by atoms with Crippen LogP contribution in [0.2, 0.25) is 0 Å². The van der Waals surface area contributed by atoms with Crippen molar-refractivity contribution in [2.24, 2.45) is 5.73 Å². The van der Waals surface area contributed by atoms with Gasteiger partial charge in [-0.2, -0.15) is 0 Å². The van der Waals surface area contributed by atoms with E-state index in [0.29, 0.717) is 18.4 Å². The summed E-state index contributed by atoms with van der Waals surface area (Å²) in [6.07, 6.45) is 1.84. The lowest BCUT2D eigenvalue weighted by Gasteiger charge is -2.01. The lowest BCUT2D eigenvalue weighted by Crippen LogP contribution is -2.08. The monoisotopic (exact) mass is 171 g/mol. The fourth-order valence-electron chi connectivity index (χ4n) is 0.695. The van der Waals surface area contributed by atoms with Gasteiger partial charge in [-0.1, -0.05) is 0 Å². The zero-order chi connectivity index (χ0) is 9.56. The normalized spacial score (nSPS) is 11.0. The quantitative estimate of drug-likeness (QED) is 0.490. The van der Waals surface area contributed by atoms with E-state index in [2.05, 4.69) is 4.74 Å². The first-order chi connectivity index (χ1) is 5.61. The number of hydrogen-bond donors (Lipinski definition) is 1. The molecule has 0 saturated heterocycles. The van der Waals surface area contributed by atoms with Gasteiger partial charge in [0.25, 0.3) is 0 Å². The molecule has 0 aliphatic heterocycles. The molecule has 2 N–H and O–H groups in total. The Morgan fingerprint density at radius 1 is 1.42 bits per heavy atom. The number of nitrogens with two attached hydrogens (primary N) is 1. The third kappa shape index (κ3) is 3.75. The molecule has 4 nitrogen and oxygen atoms in total. The zero-order valence-electron chi connectivity index (χ0n) is 7.29. The molecule has 0 bridgehead atoms. The summed E-state index contributed by atoms with van der Waals surface area (Å²) >= 11 is 0. The van der Waals surface area contributed by atoms with Crippen LogP contribution in [-0.2, 0) is 14.3 Å². The molecule has 0 aliphatic rings. The van der Waals surface area contributed by atoms with Crippen molar-refractivity contribution in [2.45, 2.75) is 19.8 Å². The maximum atomic E-state index is 10.9. The van der Waals surface area contributed by atoms with Gasteiger partial charge in [-0.05, 0) is 13.3 Å². The predicted octanol–water partition coefficient (Wildman–Crippen LogP) is 0.371. The molecule has 68 valence electrons. The van der Waals surface area contributed by atoms with Crippen molar-refractivity contribution >= 4 is 11.8 Å². The summed E-state index contributed by atoms with van der Waals surface area (Å²) in [6, 6.07) is 0. The zero-order valence-corrected chi connectivity index (χ0v) is 7.29. The molecule has 0 aliphatic carbocycles. The van der Waals surface area contributed by atoms with E-state index in [1.807, 2.05) is 0 Å². The summed E-state index contributed by atoms with van der Waals surface area (Å²) in [7, 11) is 1.28. The minimum atomic E-state index is -0.473. The number of Topliss-reactive ketones (excluding diaryl/α,β-unsaturated/α-hetero) is 1. The second-order valence-electron chi connectivity index (χ2n) is 2.39. The topological polar surface area (TPSA) is 69.4 Å². The maximum absolute atomic E-state index is 10.9. The molecule has 4 heteroatoms. The van der Waals surface area contributed by atoms with Crippen molar-refractivity contribution in [1.29, 1.82) is 0 Å². The minimum Gasteiger partial charge on any atom is -0.466 e. The molecule has 0 atom stereocenters. The van der Waals surface area contributed by atoms with Gasteiger partial charge in [0.2, 0.25) is 0 Å². The van der Waals surface area contributed by atoms with Crippen molar-refractivity contribution in [3.05, 3.63) is 11.8 Å². The number of carbonyl (C=O) groups excluding carboxylic acids is 2. The van der Waals surface area contributed by atoms with Gasteiger partial charge in [-0.3, -0.25) is 0 Å². The van der Waals surface area contributed by atoms with Crippen LogP contribution in [0, 0.1) is 0 Å². The molecule has 0 heterocycles. The van der Waals surface area contributed by atoms with Gasteiger partial charge in [0.1, 0.15) is 5.78 Å². The number of carbonyl (C=O) groups is 2. The Labute approximate surface area is 71.4 Å². The summed E-state index contributed by atoms with van der Waals surface area (Å²) in [4.78, 5) is 21.4. The Morgan fingerprint density at radius 3 is 2.33 bits per heavy atom. The van der Waals surface area contributed by atoms with E-state index in [0.717, 1.165) is 0 Å². The van der Waals surface area contributed by atoms with E-state index >= 15 is 0 Å². The maximum Gasteiger partial charge on any atom is 0.335 e. The van der Waals surface area contributed by atoms with Crippen LogP contribution in [0.5, 0.6) is 0 Å². The van der Waals surface area contributed by atoms with Gasteiger partial charge in [0.15, 0.2) is 0 Å². The van der Waals surface area contributed by atoms with Gasteiger partial charge < -0.3 is 15.3 Å². The molecule has 0 amide bonds. The molecule has 0 rings (SSSR count). The van der Waals surface area contributed by atoms with Crippen LogP contribution < -0.4 is 5.73 Å². The van der Waals surface area contributed by atoms with Crippen LogP contribution in [0.25, 0.3) is 0 Å². The standard InChI is InChI=1S/C8H13NO3/c1-6(10)3-4-7(5-9)8(11)12-2/h5H,3-4,9H2,1-2H3. The number of ether oxygens (including phenoxy) is 1. The number of hydrogen-bond acceptors (Lipinski definition) is 4. The van der Waals surface area contributed by atoms with Crippen LogP contribution >= 0.6 is 0 Å². The first-order valence-corrected chi connectivity index (χ1v) is 3.60. The number of rotatable bonds is 4. The summed E-state index contributed by atoms with van der Waals surface area (Å²) in [5, 5.41) is 0. The van der Waals surface area contributed by atoms with Crippen LogP contribution in [-0.4, -0.2) is 18.9 Å². The van der Waals surface area contributed by atoms with E-state index in [4.69, 9.17) is 5.73 Å². The molecule has 0 spiro atoms. The van der Waals surface area contributed by atoms with Crippen molar-refractivity contribution in [2.75, 3.05) is 7.11 Å². The molecule has 0 saturated carbocycles. The third-order valence-electron chi connectivity index (χ3n) is 1.40. The molecule has 0 fully saturated rings. The van der Waals surface area contributed by atoms with Gasteiger partial charge in [0, 0.05) is 12.6 Å². The van der Waals surface area contributed by atoms with E-state index < -0.39 is 5.97 Å². The van der Waals surface area contributed by atoms with Crippen molar-refractivity contribution in [3.63, 3.8) is 0 Å². The van der Waals surface area contributed by atoms with Crippen LogP contribution in [0.15, 0.2) is 11.8 Å².